The normalized spacial score (nSPS) is 37.1. The third kappa shape index (κ3) is 2.37. The molecule has 5 unspecified atom stereocenters. The summed E-state index contributed by atoms with van der Waals surface area (Å²) >= 11 is 1.60. The molecule has 3 saturated carbocycles. The Morgan fingerprint density at radius 2 is 2.17 bits per heavy atom. The number of carbonyl (C=O) groups is 3. The van der Waals surface area contributed by atoms with Crippen molar-refractivity contribution < 1.29 is 23.9 Å². The zero-order chi connectivity index (χ0) is 16.9. The van der Waals surface area contributed by atoms with Crippen molar-refractivity contribution in [2.45, 2.75) is 44.3 Å². The molecule has 4 rings (SSSR count). The number of ether oxygens (including phenoxy) is 2. The SMILES string of the molecule is O=C(I)OC1C(OC(=O)n2ccnc2)CC23CCC1C2CCC3=O. The fourth-order valence-corrected chi connectivity index (χ4v) is 5.33. The topological polar surface area (TPSA) is 87.5 Å². The van der Waals surface area contributed by atoms with Crippen molar-refractivity contribution in [1.82, 2.24) is 9.55 Å². The predicted octanol–water partition coefficient (Wildman–Crippen LogP) is 2.96. The molecule has 3 aliphatic carbocycles. The average Bonchev–Trinajstić information content (AvgIpc) is 3.21. The van der Waals surface area contributed by atoms with Crippen LogP contribution in [-0.2, 0) is 14.3 Å². The Bertz CT molecular complexity index is 691. The van der Waals surface area contributed by atoms with Crippen LogP contribution in [0.3, 0.4) is 0 Å². The second-order valence-corrected chi connectivity index (χ2v) is 7.72. The Balaban J connectivity index is 1.62. The zero-order valence-corrected chi connectivity index (χ0v) is 15.0. The number of nitrogens with zero attached hydrogens (tertiary/aromatic N) is 2. The summed E-state index contributed by atoms with van der Waals surface area (Å²) in [7, 11) is 0. The van der Waals surface area contributed by atoms with Gasteiger partial charge in [-0.2, -0.15) is 0 Å². The highest BCUT2D eigenvalue weighted by Crippen LogP contribution is 2.62. The molecule has 0 amide bonds. The van der Waals surface area contributed by atoms with Crippen molar-refractivity contribution in [3.05, 3.63) is 18.7 Å². The van der Waals surface area contributed by atoms with Crippen molar-refractivity contribution in [3.8, 4) is 0 Å². The highest BCUT2D eigenvalue weighted by Gasteiger charge is 2.64. The number of ketones is 1. The first-order valence-corrected chi connectivity index (χ1v) is 9.17. The van der Waals surface area contributed by atoms with Crippen molar-refractivity contribution in [3.63, 3.8) is 0 Å². The van der Waals surface area contributed by atoms with Gasteiger partial charge in [0.15, 0.2) is 0 Å². The lowest BCUT2D eigenvalue weighted by atomic mass is 9.66. The number of halogens is 1. The van der Waals surface area contributed by atoms with E-state index in [-0.39, 0.29) is 17.6 Å². The molecular weight excluding hydrogens is 427 g/mol. The van der Waals surface area contributed by atoms with E-state index in [1.165, 1.54) is 23.3 Å². The first-order chi connectivity index (χ1) is 11.5. The molecule has 0 N–H and O–H groups in total. The molecule has 2 bridgehead atoms. The molecule has 8 heteroatoms. The van der Waals surface area contributed by atoms with E-state index in [0.29, 0.717) is 12.8 Å². The summed E-state index contributed by atoms with van der Waals surface area (Å²) in [6, 6.07) is 0. The quantitative estimate of drug-likeness (QED) is 0.515. The van der Waals surface area contributed by atoms with Crippen molar-refractivity contribution in [2.24, 2.45) is 17.3 Å². The molecule has 5 atom stereocenters. The van der Waals surface area contributed by atoms with Gasteiger partial charge in [0, 0.05) is 36.6 Å². The molecule has 7 nitrogen and oxygen atoms in total. The van der Waals surface area contributed by atoms with Gasteiger partial charge in [0.25, 0.3) is 0 Å². The number of rotatable bonds is 2. The first-order valence-electron chi connectivity index (χ1n) is 8.09. The maximum absolute atomic E-state index is 12.5. The van der Waals surface area contributed by atoms with Gasteiger partial charge in [-0.15, -0.1) is 0 Å². The lowest BCUT2D eigenvalue weighted by Gasteiger charge is -2.43. The predicted molar refractivity (Wildman–Crippen MR) is 89.7 cm³/mol. The molecule has 3 aliphatic rings. The van der Waals surface area contributed by atoms with Crippen LogP contribution in [0.1, 0.15) is 32.1 Å². The van der Waals surface area contributed by atoms with Gasteiger partial charge in [0.1, 0.15) is 24.3 Å². The van der Waals surface area contributed by atoms with E-state index < -0.39 is 27.7 Å². The van der Waals surface area contributed by atoms with Crippen LogP contribution in [0.25, 0.3) is 0 Å². The van der Waals surface area contributed by atoms with Crippen molar-refractivity contribution in [2.75, 3.05) is 0 Å². The van der Waals surface area contributed by atoms with E-state index in [4.69, 9.17) is 9.47 Å². The van der Waals surface area contributed by atoms with Crippen LogP contribution in [0, 0.1) is 17.3 Å². The standard InChI is InChI=1S/C16H17IN2O5/c17-14(21)24-13-9-3-4-16(10(9)1-2-12(16)20)7-11(13)23-15(22)19-6-5-18-8-19/h5-6,8-11,13H,1-4,7H2. The molecule has 1 aromatic heterocycles. The molecule has 0 radical (unpaired) electrons. The Labute approximate surface area is 152 Å². The Morgan fingerprint density at radius 3 is 2.88 bits per heavy atom. The zero-order valence-electron chi connectivity index (χ0n) is 12.9. The summed E-state index contributed by atoms with van der Waals surface area (Å²) in [5, 5.41) is 0. The van der Waals surface area contributed by atoms with Gasteiger partial charge >= 0.3 is 10.1 Å². The van der Waals surface area contributed by atoms with Crippen LogP contribution >= 0.6 is 22.6 Å². The minimum Gasteiger partial charge on any atom is -0.451 e. The van der Waals surface area contributed by atoms with Crippen molar-refractivity contribution in [1.29, 1.82) is 0 Å². The monoisotopic (exact) mass is 444 g/mol. The highest BCUT2D eigenvalue weighted by molar-refractivity contribution is 14.1. The highest BCUT2D eigenvalue weighted by atomic mass is 127. The molecule has 1 aromatic rings. The van der Waals surface area contributed by atoms with E-state index in [1.807, 2.05) is 0 Å². The summed E-state index contributed by atoms with van der Waals surface area (Å²) in [5.74, 6) is 0.608. The number of hydrogen-bond acceptors (Lipinski definition) is 6. The third-order valence-electron chi connectivity index (χ3n) is 5.94. The fraction of sp³-hybridized carbons (Fsp3) is 0.625. The first kappa shape index (κ1) is 16.0. The van der Waals surface area contributed by atoms with Crippen LogP contribution < -0.4 is 0 Å². The molecule has 24 heavy (non-hydrogen) atoms. The largest absolute Gasteiger partial charge is 0.451 e. The number of aromatic nitrogens is 2. The second kappa shape index (κ2) is 5.82. The number of hydrogen-bond donors (Lipinski definition) is 0. The maximum Gasteiger partial charge on any atom is 0.419 e. The molecule has 1 heterocycles. The molecule has 0 aromatic carbocycles. The van der Waals surface area contributed by atoms with E-state index in [1.54, 1.807) is 22.6 Å². The maximum atomic E-state index is 12.5. The Morgan fingerprint density at radius 1 is 1.33 bits per heavy atom. The average molecular weight is 444 g/mol. The summed E-state index contributed by atoms with van der Waals surface area (Å²) in [5.41, 5.74) is -0.390. The van der Waals surface area contributed by atoms with Gasteiger partial charge in [-0.3, -0.25) is 4.79 Å². The molecule has 3 fully saturated rings. The number of carbonyl (C=O) groups excluding carboxylic acids is 3. The number of Topliss-reactive ketones (excluding diaryl/α,β-unsaturated/α-hetero) is 1. The lowest BCUT2D eigenvalue weighted by Crippen LogP contribution is -2.51. The summed E-state index contributed by atoms with van der Waals surface area (Å²) in [6.07, 6.45) is 6.23. The lowest BCUT2D eigenvalue weighted by molar-refractivity contribution is -0.136. The second-order valence-electron chi connectivity index (χ2n) is 6.84. The van der Waals surface area contributed by atoms with Crippen LogP contribution in [-0.4, -0.2) is 37.6 Å². The molecule has 0 saturated heterocycles. The van der Waals surface area contributed by atoms with Crippen LogP contribution in [0.2, 0.25) is 0 Å². The van der Waals surface area contributed by atoms with Gasteiger partial charge in [0.05, 0.1) is 22.6 Å². The molecule has 0 spiro atoms. The summed E-state index contributed by atoms with van der Waals surface area (Å²) < 4.78 is 12.0. The third-order valence-corrected chi connectivity index (χ3v) is 6.19. The minimum atomic E-state index is -0.593. The van der Waals surface area contributed by atoms with Crippen LogP contribution in [0.5, 0.6) is 0 Å². The van der Waals surface area contributed by atoms with Crippen LogP contribution in [0.15, 0.2) is 18.7 Å². The van der Waals surface area contributed by atoms with Crippen molar-refractivity contribution >= 4 is 38.4 Å². The molecular formula is C16H17IN2O5. The number of imidazole rings is 1. The van der Waals surface area contributed by atoms with Gasteiger partial charge in [0.2, 0.25) is 0 Å². The molecule has 128 valence electrons. The van der Waals surface area contributed by atoms with E-state index in [9.17, 15) is 14.4 Å². The smallest absolute Gasteiger partial charge is 0.419 e. The summed E-state index contributed by atoms with van der Waals surface area (Å²) in [6.45, 7) is 0. The van der Waals surface area contributed by atoms with Crippen LogP contribution in [0.4, 0.5) is 9.59 Å². The van der Waals surface area contributed by atoms with Gasteiger partial charge in [-0.25, -0.2) is 19.1 Å². The van der Waals surface area contributed by atoms with E-state index in [2.05, 4.69) is 4.98 Å². The minimum absolute atomic E-state index is 0.0875. The van der Waals surface area contributed by atoms with E-state index >= 15 is 0 Å². The van der Waals surface area contributed by atoms with Gasteiger partial charge in [-0.05, 0) is 25.2 Å². The van der Waals surface area contributed by atoms with Gasteiger partial charge in [-0.1, -0.05) is 0 Å². The van der Waals surface area contributed by atoms with Gasteiger partial charge < -0.3 is 9.47 Å². The Hall–Kier alpha value is -1.45. The molecule has 0 aliphatic heterocycles. The fourth-order valence-electron chi connectivity index (χ4n) is 5.04. The van der Waals surface area contributed by atoms with E-state index in [0.717, 1.165) is 19.3 Å². The summed E-state index contributed by atoms with van der Waals surface area (Å²) in [4.78, 5) is 40.2. The Kier molecular flexibility index (Phi) is 3.89.